The first-order chi connectivity index (χ1) is 13.7. The topological polar surface area (TPSA) is 130 Å². The maximum Gasteiger partial charge on any atom is 0.326 e. The summed E-state index contributed by atoms with van der Waals surface area (Å²) in [5.41, 5.74) is 0. The Morgan fingerprint density at radius 3 is 2.28 bits per heavy atom. The summed E-state index contributed by atoms with van der Waals surface area (Å²) in [6, 6.07) is -0.847. The molecule has 1 aromatic rings. The van der Waals surface area contributed by atoms with Gasteiger partial charge in [-0.15, -0.1) is 0 Å². The Balaban J connectivity index is 2.29. The number of carboxylic acids is 2. The van der Waals surface area contributed by atoms with Gasteiger partial charge in [0, 0.05) is 13.3 Å². The van der Waals surface area contributed by atoms with E-state index in [1.165, 1.54) is 13.8 Å². The van der Waals surface area contributed by atoms with E-state index in [0.717, 1.165) is 32.4 Å². The second-order valence-corrected chi connectivity index (χ2v) is 7.41. The molecular formula is C20H32N3O6+. The molecule has 0 radical (unpaired) electrons. The zero-order valence-corrected chi connectivity index (χ0v) is 17.2. The first-order valence-electron chi connectivity index (χ1n) is 9.96. The van der Waals surface area contributed by atoms with Gasteiger partial charge in [-0.25, -0.2) is 13.9 Å². The molecular weight excluding hydrogens is 378 g/mol. The number of aromatic nitrogens is 2. The summed E-state index contributed by atoms with van der Waals surface area (Å²) < 4.78 is 4.04. The summed E-state index contributed by atoms with van der Waals surface area (Å²) in [6.45, 7) is 4.23. The third-order valence-electron chi connectivity index (χ3n) is 4.68. The molecule has 0 saturated heterocycles. The van der Waals surface area contributed by atoms with Crippen LogP contribution in [0.1, 0.15) is 58.8 Å². The molecule has 1 rings (SSSR count). The third-order valence-corrected chi connectivity index (χ3v) is 4.68. The summed E-state index contributed by atoms with van der Waals surface area (Å²) in [4.78, 5) is 44.4. The Labute approximate surface area is 170 Å². The second-order valence-electron chi connectivity index (χ2n) is 7.41. The summed E-state index contributed by atoms with van der Waals surface area (Å²) in [5.74, 6) is -2.99. The van der Waals surface area contributed by atoms with E-state index in [4.69, 9.17) is 10.2 Å². The standard InChI is InChI=1S/C20H31N3O6/c1-15(24)13-17(19(26)27)7-3-5-9-22-11-12-23(14-22)10-6-4-8-18(20(28)29)21-16(2)25/h11-12,14,17-18H,3-10,13H2,1-2H3,(H2-,21,25,26,27,28,29)/p+1. The van der Waals surface area contributed by atoms with Gasteiger partial charge < -0.3 is 20.3 Å². The molecule has 0 spiro atoms. The van der Waals surface area contributed by atoms with Crippen LogP contribution in [-0.2, 0) is 32.3 Å². The zero-order valence-electron chi connectivity index (χ0n) is 17.2. The highest BCUT2D eigenvalue weighted by Crippen LogP contribution is 2.14. The molecule has 3 N–H and O–H groups in total. The molecule has 0 fully saturated rings. The number of nitrogens with zero attached hydrogens (tertiary/aromatic N) is 2. The summed E-state index contributed by atoms with van der Waals surface area (Å²) >= 11 is 0. The van der Waals surface area contributed by atoms with Gasteiger partial charge in [-0.3, -0.25) is 9.59 Å². The Morgan fingerprint density at radius 2 is 1.69 bits per heavy atom. The predicted molar refractivity (Wildman–Crippen MR) is 104 cm³/mol. The van der Waals surface area contributed by atoms with Gasteiger partial charge >= 0.3 is 11.9 Å². The van der Waals surface area contributed by atoms with Crippen LogP contribution >= 0.6 is 0 Å². The van der Waals surface area contributed by atoms with Crippen molar-refractivity contribution in [3.05, 3.63) is 18.7 Å². The van der Waals surface area contributed by atoms with Crippen molar-refractivity contribution < 1.29 is 34.0 Å². The molecule has 1 heterocycles. The lowest BCUT2D eigenvalue weighted by molar-refractivity contribution is -0.696. The quantitative estimate of drug-likeness (QED) is 0.296. The Morgan fingerprint density at radius 1 is 1.00 bits per heavy atom. The minimum absolute atomic E-state index is 0.0868. The summed E-state index contributed by atoms with van der Waals surface area (Å²) in [5, 5.41) is 20.6. The highest BCUT2D eigenvalue weighted by Gasteiger charge is 2.19. The van der Waals surface area contributed by atoms with Crippen molar-refractivity contribution in [1.29, 1.82) is 0 Å². The van der Waals surface area contributed by atoms with Gasteiger partial charge in [0.25, 0.3) is 0 Å². The number of amides is 1. The van der Waals surface area contributed by atoms with Crippen LogP contribution in [-0.4, -0.2) is 44.5 Å². The molecule has 0 aromatic carbocycles. The molecule has 0 saturated carbocycles. The lowest BCUT2D eigenvalue weighted by Gasteiger charge is -2.12. The smallest absolute Gasteiger partial charge is 0.326 e. The number of hydrogen-bond acceptors (Lipinski definition) is 4. The largest absolute Gasteiger partial charge is 0.481 e. The number of Topliss-reactive ketones (excluding diaryl/α,β-unsaturated/α-hetero) is 1. The van der Waals surface area contributed by atoms with Crippen LogP contribution in [0.2, 0.25) is 0 Å². The number of carbonyl (C=O) groups is 4. The first-order valence-corrected chi connectivity index (χ1v) is 9.96. The van der Waals surface area contributed by atoms with Gasteiger partial charge in [-0.2, -0.15) is 0 Å². The Hall–Kier alpha value is -2.71. The van der Waals surface area contributed by atoms with Gasteiger partial charge in [0.2, 0.25) is 12.2 Å². The highest BCUT2D eigenvalue weighted by molar-refractivity contribution is 5.82. The van der Waals surface area contributed by atoms with E-state index in [-0.39, 0.29) is 18.1 Å². The monoisotopic (exact) mass is 410 g/mol. The average molecular weight is 410 g/mol. The number of carbonyl (C=O) groups excluding carboxylic acids is 2. The molecule has 29 heavy (non-hydrogen) atoms. The maximum absolute atomic E-state index is 11.1. The fourth-order valence-corrected chi connectivity index (χ4v) is 3.19. The first kappa shape index (κ1) is 24.3. The lowest BCUT2D eigenvalue weighted by atomic mass is 9.97. The Bertz CT molecular complexity index is 644. The van der Waals surface area contributed by atoms with E-state index in [2.05, 4.69) is 5.32 Å². The molecule has 9 heteroatoms. The van der Waals surface area contributed by atoms with Gasteiger partial charge in [-0.05, 0) is 45.4 Å². The molecule has 1 amide bonds. The van der Waals surface area contributed by atoms with Crippen molar-refractivity contribution in [2.75, 3.05) is 0 Å². The fourth-order valence-electron chi connectivity index (χ4n) is 3.19. The van der Waals surface area contributed by atoms with E-state index in [1.807, 2.05) is 27.9 Å². The molecule has 162 valence electrons. The van der Waals surface area contributed by atoms with Crippen LogP contribution < -0.4 is 9.88 Å². The molecule has 9 nitrogen and oxygen atoms in total. The van der Waals surface area contributed by atoms with Crippen molar-refractivity contribution in [2.24, 2.45) is 5.92 Å². The van der Waals surface area contributed by atoms with Crippen LogP contribution in [0, 0.1) is 5.92 Å². The number of aryl methyl sites for hydroxylation is 2. The predicted octanol–water partition coefficient (Wildman–Crippen LogP) is 1.39. The third kappa shape index (κ3) is 10.4. The van der Waals surface area contributed by atoms with E-state index < -0.39 is 23.9 Å². The Kier molecular flexibility index (Phi) is 10.6. The number of nitrogens with one attached hydrogen (secondary N) is 1. The lowest BCUT2D eigenvalue weighted by Crippen LogP contribution is -2.39. The molecule has 1 aromatic heterocycles. The van der Waals surface area contributed by atoms with Crippen LogP contribution in [0.3, 0.4) is 0 Å². The summed E-state index contributed by atoms with van der Waals surface area (Å²) in [7, 11) is 0. The molecule has 0 bridgehead atoms. The van der Waals surface area contributed by atoms with E-state index >= 15 is 0 Å². The molecule has 2 unspecified atom stereocenters. The highest BCUT2D eigenvalue weighted by atomic mass is 16.4. The van der Waals surface area contributed by atoms with Crippen molar-refractivity contribution in [1.82, 2.24) is 9.88 Å². The average Bonchev–Trinajstić information content (AvgIpc) is 3.07. The number of imidazole rings is 1. The van der Waals surface area contributed by atoms with Gasteiger partial charge in [0.05, 0.1) is 19.0 Å². The number of rotatable bonds is 15. The van der Waals surface area contributed by atoms with Crippen molar-refractivity contribution in [3.63, 3.8) is 0 Å². The van der Waals surface area contributed by atoms with E-state index in [0.29, 0.717) is 19.3 Å². The zero-order chi connectivity index (χ0) is 21.8. The summed E-state index contributed by atoms with van der Waals surface area (Å²) in [6.07, 6.45) is 9.87. The second kappa shape index (κ2) is 12.7. The molecule has 0 aliphatic heterocycles. The van der Waals surface area contributed by atoms with Crippen molar-refractivity contribution in [2.45, 2.75) is 77.9 Å². The number of unbranched alkanes of at least 4 members (excludes halogenated alkanes) is 2. The number of carboxylic acid groups (broad SMARTS) is 2. The normalized spacial score (nSPS) is 12.9. The van der Waals surface area contributed by atoms with Crippen LogP contribution in [0.25, 0.3) is 0 Å². The van der Waals surface area contributed by atoms with Crippen LogP contribution in [0.4, 0.5) is 0 Å². The molecule has 2 atom stereocenters. The number of hydrogen-bond donors (Lipinski definition) is 3. The molecule has 0 aliphatic rings. The minimum atomic E-state index is -1.02. The van der Waals surface area contributed by atoms with E-state index in [9.17, 15) is 19.2 Å². The number of aliphatic carboxylic acids is 2. The fraction of sp³-hybridized carbons (Fsp3) is 0.650. The van der Waals surface area contributed by atoms with Gasteiger partial charge in [0.1, 0.15) is 24.2 Å². The SMILES string of the molecule is CC(=O)CC(CCCCn1cc[n+](CCCCC(NC(C)=O)C(=O)O)c1)C(=O)O. The minimum Gasteiger partial charge on any atom is -0.481 e. The number of ketones is 1. The molecule has 0 aliphatic carbocycles. The van der Waals surface area contributed by atoms with E-state index in [1.54, 1.807) is 0 Å². The van der Waals surface area contributed by atoms with Crippen molar-refractivity contribution >= 4 is 23.6 Å². The van der Waals surface area contributed by atoms with Gasteiger partial charge in [-0.1, -0.05) is 0 Å². The van der Waals surface area contributed by atoms with Gasteiger partial charge in [0.15, 0.2) is 0 Å². The van der Waals surface area contributed by atoms with Crippen molar-refractivity contribution in [3.8, 4) is 0 Å². The maximum atomic E-state index is 11.1. The van der Waals surface area contributed by atoms with Crippen LogP contribution in [0.15, 0.2) is 18.7 Å². The van der Waals surface area contributed by atoms with Crippen LogP contribution in [0.5, 0.6) is 0 Å².